The molecule has 1 fully saturated rings. The van der Waals surface area contributed by atoms with Crippen molar-refractivity contribution in [2.24, 2.45) is 5.84 Å². The normalized spacial score (nSPS) is 17.5. The van der Waals surface area contributed by atoms with E-state index >= 15 is 0 Å². The summed E-state index contributed by atoms with van der Waals surface area (Å²) in [5, 5.41) is 1.16. The Labute approximate surface area is 97.5 Å². The Morgan fingerprint density at radius 2 is 1.94 bits per heavy atom. The predicted octanol–water partition coefficient (Wildman–Crippen LogP) is 1.19. The fraction of sp³-hybridized carbons (Fsp3) is 0.909. The maximum Gasteiger partial charge on any atom is 0.424 e. The highest BCUT2D eigenvalue weighted by Crippen LogP contribution is 2.09. The molecule has 0 saturated carbocycles. The Bertz CT molecular complexity index is 232. The zero-order valence-corrected chi connectivity index (χ0v) is 10.5. The van der Waals surface area contributed by atoms with Crippen molar-refractivity contribution in [2.45, 2.75) is 39.2 Å². The first kappa shape index (κ1) is 13.3. The Balaban J connectivity index is 2.23. The van der Waals surface area contributed by atoms with Gasteiger partial charge in [0.2, 0.25) is 0 Å². The standard InChI is InChI=1S/C11H23N3O2/c1-11(2,3)16-10(15)14(12)9-8-13-6-4-5-7-13/h4-9,12H2,1-3H3. The van der Waals surface area contributed by atoms with Crippen LogP contribution in [-0.4, -0.2) is 47.8 Å². The third-order valence-corrected chi connectivity index (χ3v) is 2.48. The summed E-state index contributed by atoms with van der Waals surface area (Å²) in [6.45, 7) is 9.08. The Morgan fingerprint density at radius 1 is 1.38 bits per heavy atom. The molecule has 2 N–H and O–H groups in total. The van der Waals surface area contributed by atoms with Crippen LogP contribution < -0.4 is 5.84 Å². The molecule has 0 aromatic carbocycles. The van der Waals surface area contributed by atoms with Gasteiger partial charge in [0.15, 0.2) is 0 Å². The van der Waals surface area contributed by atoms with Gasteiger partial charge in [-0.1, -0.05) is 0 Å². The molecule has 16 heavy (non-hydrogen) atoms. The number of likely N-dealkylation sites (tertiary alicyclic amines) is 1. The number of hydrogen-bond acceptors (Lipinski definition) is 4. The van der Waals surface area contributed by atoms with Gasteiger partial charge in [0.1, 0.15) is 5.60 Å². The van der Waals surface area contributed by atoms with Crippen molar-refractivity contribution >= 4 is 6.09 Å². The quantitative estimate of drug-likeness (QED) is 0.449. The number of carbonyl (C=O) groups excluding carboxylic acids is 1. The van der Waals surface area contributed by atoms with E-state index in [1.165, 1.54) is 12.8 Å². The lowest BCUT2D eigenvalue weighted by atomic mass is 10.2. The van der Waals surface area contributed by atoms with E-state index in [9.17, 15) is 4.79 Å². The molecule has 1 saturated heterocycles. The smallest absolute Gasteiger partial charge is 0.424 e. The second-order valence-corrected chi connectivity index (χ2v) is 5.22. The zero-order chi connectivity index (χ0) is 12.2. The van der Waals surface area contributed by atoms with Gasteiger partial charge in [0.05, 0.1) is 6.54 Å². The SMILES string of the molecule is CC(C)(C)OC(=O)N(N)CCN1CCCC1. The number of rotatable bonds is 3. The van der Waals surface area contributed by atoms with Crippen molar-refractivity contribution in [3.63, 3.8) is 0 Å². The van der Waals surface area contributed by atoms with Crippen LogP contribution in [0.3, 0.4) is 0 Å². The number of hydrazine groups is 1. The molecule has 0 bridgehead atoms. The fourth-order valence-electron chi connectivity index (χ4n) is 1.67. The van der Waals surface area contributed by atoms with Gasteiger partial charge in [-0.05, 0) is 46.7 Å². The van der Waals surface area contributed by atoms with Crippen molar-refractivity contribution in [3.8, 4) is 0 Å². The van der Waals surface area contributed by atoms with Crippen LogP contribution in [0.1, 0.15) is 33.6 Å². The number of nitrogens with two attached hydrogens (primary N) is 1. The van der Waals surface area contributed by atoms with Gasteiger partial charge >= 0.3 is 6.09 Å². The molecule has 94 valence electrons. The molecule has 0 aromatic rings. The first-order valence-corrected chi connectivity index (χ1v) is 5.86. The predicted molar refractivity (Wildman–Crippen MR) is 62.8 cm³/mol. The maximum absolute atomic E-state index is 11.5. The lowest BCUT2D eigenvalue weighted by Gasteiger charge is -2.25. The minimum Gasteiger partial charge on any atom is -0.443 e. The van der Waals surface area contributed by atoms with Crippen LogP contribution in [-0.2, 0) is 4.74 Å². The molecule has 1 rings (SSSR count). The summed E-state index contributed by atoms with van der Waals surface area (Å²) < 4.78 is 5.16. The Hall–Kier alpha value is -0.810. The first-order chi connectivity index (χ1) is 7.38. The van der Waals surface area contributed by atoms with Crippen LogP contribution in [0, 0.1) is 0 Å². The number of hydrogen-bond donors (Lipinski definition) is 1. The molecule has 0 atom stereocenters. The molecule has 0 unspecified atom stereocenters. The van der Waals surface area contributed by atoms with Crippen molar-refractivity contribution < 1.29 is 9.53 Å². The molecule has 0 spiro atoms. The summed E-state index contributed by atoms with van der Waals surface area (Å²) >= 11 is 0. The van der Waals surface area contributed by atoms with Crippen molar-refractivity contribution in [2.75, 3.05) is 26.2 Å². The largest absolute Gasteiger partial charge is 0.443 e. The highest BCUT2D eigenvalue weighted by molar-refractivity contribution is 5.67. The molecular weight excluding hydrogens is 206 g/mol. The maximum atomic E-state index is 11.5. The second-order valence-electron chi connectivity index (χ2n) is 5.22. The van der Waals surface area contributed by atoms with E-state index in [2.05, 4.69) is 4.90 Å². The molecule has 0 aromatic heterocycles. The zero-order valence-electron chi connectivity index (χ0n) is 10.5. The van der Waals surface area contributed by atoms with Gasteiger partial charge in [0.25, 0.3) is 0 Å². The number of ether oxygens (including phenoxy) is 1. The highest BCUT2D eigenvalue weighted by Gasteiger charge is 2.20. The lowest BCUT2D eigenvalue weighted by Crippen LogP contribution is -2.45. The molecular formula is C11H23N3O2. The number of carbonyl (C=O) groups is 1. The van der Waals surface area contributed by atoms with E-state index in [4.69, 9.17) is 10.6 Å². The van der Waals surface area contributed by atoms with Crippen LogP contribution in [0.4, 0.5) is 4.79 Å². The van der Waals surface area contributed by atoms with Crippen LogP contribution in [0.15, 0.2) is 0 Å². The molecule has 1 aliphatic rings. The van der Waals surface area contributed by atoms with Gasteiger partial charge in [-0.15, -0.1) is 0 Å². The lowest BCUT2D eigenvalue weighted by molar-refractivity contribution is 0.0234. The van der Waals surface area contributed by atoms with E-state index in [1.807, 2.05) is 20.8 Å². The Kier molecular flexibility index (Phi) is 4.56. The molecule has 1 heterocycles. The minimum absolute atomic E-state index is 0.452. The van der Waals surface area contributed by atoms with Crippen LogP contribution in [0.5, 0.6) is 0 Å². The van der Waals surface area contributed by atoms with Crippen molar-refractivity contribution in [3.05, 3.63) is 0 Å². The van der Waals surface area contributed by atoms with E-state index in [-0.39, 0.29) is 0 Å². The van der Waals surface area contributed by atoms with Crippen LogP contribution in [0.25, 0.3) is 0 Å². The topological polar surface area (TPSA) is 58.8 Å². The van der Waals surface area contributed by atoms with Gasteiger partial charge in [-0.25, -0.2) is 15.6 Å². The third-order valence-electron chi connectivity index (χ3n) is 2.48. The average Bonchev–Trinajstić information content (AvgIpc) is 2.63. The summed E-state index contributed by atoms with van der Waals surface area (Å²) in [4.78, 5) is 13.8. The average molecular weight is 229 g/mol. The first-order valence-electron chi connectivity index (χ1n) is 5.86. The van der Waals surface area contributed by atoms with Crippen LogP contribution >= 0.6 is 0 Å². The number of amides is 1. The van der Waals surface area contributed by atoms with Crippen molar-refractivity contribution in [1.82, 2.24) is 9.91 Å². The summed E-state index contributed by atoms with van der Waals surface area (Å²) in [7, 11) is 0. The third kappa shape index (κ3) is 4.81. The van der Waals surface area contributed by atoms with Crippen molar-refractivity contribution in [1.29, 1.82) is 0 Å². The second kappa shape index (κ2) is 5.50. The van der Waals surface area contributed by atoms with Gasteiger partial charge in [-0.3, -0.25) is 0 Å². The molecule has 1 aliphatic heterocycles. The van der Waals surface area contributed by atoms with E-state index in [1.54, 1.807) is 0 Å². The fourth-order valence-corrected chi connectivity index (χ4v) is 1.67. The number of nitrogens with zero attached hydrogens (tertiary/aromatic N) is 2. The van der Waals surface area contributed by atoms with E-state index < -0.39 is 11.7 Å². The van der Waals surface area contributed by atoms with Crippen LogP contribution in [0.2, 0.25) is 0 Å². The van der Waals surface area contributed by atoms with E-state index in [0.717, 1.165) is 24.6 Å². The summed E-state index contributed by atoms with van der Waals surface area (Å²) in [5.41, 5.74) is -0.484. The highest BCUT2D eigenvalue weighted by atomic mass is 16.6. The molecule has 0 radical (unpaired) electrons. The van der Waals surface area contributed by atoms with E-state index in [0.29, 0.717) is 6.54 Å². The van der Waals surface area contributed by atoms with Gasteiger partial charge in [0, 0.05) is 6.54 Å². The van der Waals surface area contributed by atoms with Gasteiger partial charge < -0.3 is 9.64 Å². The molecule has 5 nitrogen and oxygen atoms in total. The molecule has 1 amide bonds. The summed E-state index contributed by atoms with van der Waals surface area (Å²) in [5.74, 6) is 5.63. The van der Waals surface area contributed by atoms with Gasteiger partial charge in [-0.2, -0.15) is 0 Å². The summed E-state index contributed by atoms with van der Waals surface area (Å²) in [6.07, 6.45) is 2.04. The summed E-state index contributed by atoms with van der Waals surface area (Å²) in [6, 6.07) is 0. The molecule has 0 aliphatic carbocycles. The minimum atomic E-state index is -0.484. The molecule has 5 heteroatoms. The monoisotopic (exact) mass is 229 g/mol. The Morgan fingerprint density at radius 3 is 2.44 bits per heavy atom.